The topological polar surface area (TPSA) is 38.7 Å². The average molecular weight is 666 g/mol. The van der Waals surface area contributed by atoms with Gasteiger partial charge in [-0.2, -0.15) is 0 Å². The fourth-order valence-corrected chi connectivity index (χ4v) is 8.82. The second-order valence-electron chi connectivity index (χ2n) is 14.4. The molecule has 0 bridgehead atoms. The van der Waals surface area contributed by atoms with Crippen LogP contribution in [0.1, 0.15) is 47.2 Å². The van der Waals surface area contributed by atoms with Gasteiger partial charge in [0.1, 0.15) is 0 Å². The Morgan fingerprint density at radius 3 is 1.62 bits per heavy atom. The number of pyridine rings is 1. The number of aromatic nitrogens is 3. The van der Waals surface area contributed by atoms with Crippen LogP contribution in [0.15, 0.2) is 176 Å². The first kappa shape index (κ1) is 30.4. The van der Waals surface area contributed by atoms with Crippen LogP contribution < -0.4 is 0 Å². The Bertz CT molecular complexity index is 2540. The molecule has 0 radical (unpaired) electrons. The van der Waals surface area contributed by atoms with Crippen LogP contribution in [0.5, 0.6) is 0 Å². The third kappa shape index (κ3) is 4.42. The van der Waals surface area contributed by atoms with E-state index in [0.29, 0.717) is 5.82 Å². The molecule has 52 heavy (non-hydrogen) atoms. The normalized spacial score (nSPS) is 14.3. The Morgan fingerprint density at radius 1 is 0.365 bits per heavy atom. The summed E-state index contributed by atoms with van der Waals surface area (Å²) < 4.78 is 0. The van der Waals surface area contributed by atoms with E-state index in [1.54, 1.807) is 6.20 Å². The van der Waals surface area contributed by atoms with Gasteiger partial charge < -0.3 is 0 Å². The Balaban J connectivity index is 1.11. The van der Waals surface area contributed by atoms with Crippen molar-refractivity contribution in [1.29, 1.82) is 0 Å². The maximum atomic E-state index is 5.04. The lowest BCUT2D eigenvalue weighted by atomic mass is 9.55. The van der Waals surface area contributed by atoms with Crippen molar-refractivity contribution in [3.05, 3.63) is 209 Å². The second-order valence-corrected chi connectivity index (χ2v) is 14.4. The fraction of sp³-hybridized carbons (Fsp3) is 0.0816. The molecule has 0 unspecified atom stereocenters. The van der Waals surface area contributed by atoms with Crippen LogP contribution in [0.3, 0.4) is 0 Å². The van der Waals surface area contributed by atoms with Gasteiger partial charge in [0.05, 0.1) is 22.5 Å². The van der Waals surface area contributed by atoms with Crippen LogP contribution in [0.4, 0.5) is 0 Å². The SMILES string of the molecule is CC1(C)c2ccccc2C2(c3ccccc3-c3ccccc32)c2ccc(-c3ccc(-c4nc(-c5ccccc5)cc(-c5ccccn5)n4)cc3)cc21. The summed E-state index contributed by atoms with van der Waals surface area (Å²) in [7, 11) is 0. The van der Waals surface area contributed by atoms with Crippen molar-refractivity contribution in [2.24, 2.45) is 0 Å². The van der Waals surface area contributed by atoms with Crippen molar-refractivity contribution in [2.75, 3.05) is 0 Å². The average Bonchev–Trinajstić information content (AvgIpc) is 3.51. The monoisotopic (exact) mass is 665 g/mol. The van der Waals surface area contributed by atoms with Gasteiger partial charge in [-0.1, -0.05) is 159 Å². The standard InChI is InChI=1S/C49H35N3/c1-48(2)40-20-10-11-21-41(40)49(38-18-8-6-16-36(38)37-17-7-9-19-39(37)49)42-28-27-35(30-43(42)48)32-23-25-34(26-24-32)47-51-45(33-14-4-3-5-15-33)31-46(52-47)44-22-12-13-29-50-44/h3-31H,1-2H3. The van der Waals surface area contributed by atoms with Gasteiger partial charge in [-0.25, -0.2) is 9.97 Å². The summed E-state index contributed by atoms with van der Waals surface area (Å²) in [6.07, 6.45) is 1.80. The van der Waals surface area contributed by atoms with Crippen LogP contribution >= 0.6 is 0 Å². The van der Waals surface area contributed by atoms with E-state index in [4.69, 9.17) is 9.97 Å². The maximum absolute atomic E-state index is 5.04. The molecule has 0 saturated carbocycles. The summed E-state index contributed by atoms with van der Waals surface area (Å²) in [5.74, 6) is 0.678. The van der Waals surface area contributed by atoms with Crippen molar-refractivity contribution in [1.82, 2.24) is 15.0 Å². The molecular formula is C49H35N3. The zero-order valence-corrected chi connectivity index (χ0v) is 29.1. The lowest BCUT2D eigenvalue weighted by molar-refractivity contribution is 0.563. The minimum absolute atomic E-state index is 0.201. The zero-order valence-electron chi connectivity index (χ0n) is 29.1. The van der Waals surface area contributed by atoms with Gasteiger partial charge in [-0.3, -0.25) is 4.98 Å². The van der Waals surface area contributed by atoms with Gasteiger partial charge in [0.25, 0.3) is 0 Å². The molecule has 1 spiro atoms. The van der Waals surface area contributed by atoms with Gasteiger partial charge >= 0.3 is 0 Å². The quantitative estimate of drug-likeness (QED) is 0.188. The molecular weight excluding hydrogens is 631 g/mol. The molecule has 8 aromatic rings. The molecule has 246 valence electrons. The van der Waals surface area contributed by atoms with Crippen LogP contribution in [-0.4, -0.2) is 15.0 Å². The van der Waals surface area contributed by atoms with E-state index in [0.717, 1.165) is 33.8 Å². The van der Waals surface area contributed by atoms with Crippen molar-refractivity contribution < 1.29 is 0 Å². The molecule has 0 fully saturated rings. The molecule has 10 rings (SSSR count). The third-order valence-corrected chi connectivity index (χ3v) is 11.3. The first-order valence-electron chi connectivity index (χ1n) is 17.9. The highest BCUT2D eigenvalue weighted by Crippen LogP contribution is 2.62. The molecule has 2 aromatic heterocycles. The number of hydrogen-bond donors (Lipinski definition) is 0. The molecule has 6 aromatic carbocycles. The number of nitrogens with zero attached hydrogens (tertiary/aromatic N) is 3. The van der Waals surface area contributed by atoms with E-state index >= 15 is 0 Å². The van der Waals surface area contributed by atoms with Gasteiger partial charge in [0.2, 0.25) is 0 Å². The number of fused-ring (bicyclic) bond motifs is 9. The molecule has 2 heterocycles. The summed E-state index contributed by atoms with van der Waals surface area (Å²) in [5.41, 5.74) is 17.1. The van der Waals surface area contributed by atoms with Crippen LogP contribution in [0.2, 0.25) is 0 Å². The lowest BCUT2D eigenvalue weighted by Crippen LogP contribution is -2.40. The van der Waals surface area contributed by atoms with Crippen molar-refractivity contribution in [3.8, 4) is 56.3 Å². The molecule has 2 aliphatic carbocycles. The summed E-state index contributed by atoms with van der Waals surface area (Å²) in [6.45, 7) is 4.76. The van der Waals surface area contributed by atoms with Gasteiger partial charge in [0, 0.05) is 22.7 Å². The van der Waals surface area contributed by atoms with E-state index in [-0.39, 0.29) is 10.8 Å². The second kappa shape index (κ2) is 11.5. The van der Waals surface area contributed by atoms with Crippen molar-refractivity contribution in [3.63, 3.8) is 0 Å². The summed E-state index contributed by atoms with van der Waals surface area (Å²) in [5, 5.41) is 0. The number of rotatable bonds is 4. The molecule has 0 aliphatic heterocycles. The predicted octanol–water partition coefficient (Wildman–Crippen LogP) is 11.5. The van der Waals surface area contributed by atoms with E-state index in [1.807, 2.05) is 42.5 Å². The minimum atomic E-state index is -0.385. The van der Waals surface area contributed by atoms with E-state index < -0.39 is 0 Å². The Hall–Kier alpha value is -6.45. The Labute approximate surface area is 304 Å². The van der Waals surface area contributed by atoms with Gasteiger partial charge in [0.15, 0.2) is 5.82 Å². The molecule has 0 amide bonds. The first-order chi connectivity index (χ1) is 25.5. The van der Waals surface area contributed by atoms with Crippen LogP contribution in [0.25, 0.3) is 56.3 Å². The number of benzene rings is 6. The molecule has 3 nitrogen and oxygen atoms in total. The van der Waals surface area contributed by atoms with Gasteiger partial charge in [-0.05, 0) is 79.9 Å². The molecule has 3 heteroatoms. The lowest BCUT2D eigenvalue weighted by Gasteiger charge is -2.46. The smallest absolute Gasteiger partial charge is 0.160 e. The zero-order chi connectivity index (χ0) is 34.9. The molecule has 0 saturated heterocycles. The highest BCUT2D eigenvalue weighted by molar-refractivity contribution is 5.89. The fourth-order valence-electron chi connectivity index (χ4n) is 8.82. The largest absolute Gasteiger partial charge is 0.255 e. The van der Waals surface area contributed by atoms with Gasteiger partial charge in [-0.15, -0.1) is 0 Å². The summed E-state index contributed by atoms with van der Waals surface area (Å²) >= 11 is 0. The maximum Gasteiger partial charge on any atom is 0.160 e. The van der Waals surface area contributed by atoms with E-state index in [1.165, 1.54) is 50.1 Å². The highest BCUT2D eigenvalue weighted by Gasteiger charge is 2.53. The highest BCUT2D eigenvalue weighted by atomic mass is 14.9. The Morgan fingerprint density at radius 2 is 0.923 bits per heavy atom. The first-order valence-corrected chi connectivity index (χ1v) is 17.9. The summed E-state index contributed by atoms with van der Waals surface area (Å²) in [6, 6.07) is 61.2. The molecule has 0 N–H and O–H groups in total. The Kier molecular flexibility index (Phi) is 6.74. The van der Waals surface area contributed by atoms with E-state index in [2.05, 4.69) is 146 Å². The number of hydrogen-bond acceptors (Lipinski definition) is 3. The van der Waals surface area contributed by atoms with Crippen molar-refractivity contribution in [2.45, 2.75) is 24.7 Å². The summed E-state index contributed by atoms with van der Waals surface area (Å²) in [4.78, 5) is 14.6. The van der Waals surface area contributed by atoms with Crippen molar-refractivity contribution >= 4 is 0 Å². The van der Waals surface area contributed by atoms with Crippen LogP contribution in [-0.2, 0) is 10.8 Å². The predicted molar refractivity (Wildman–Crippen MR) is 211 cm³/mol. The van der Waals surface area contributed by atoms with E-state index in [9.17, 15) is 0 Å². The minimum Gasteiger partial charge on any atom is -0.255 e. The third-order valence-electron chi connectivity index (χ3n) is 11.3. The molecule has 0 atom stereocenters. The molecule has 2 aliphatic rings. The van der Waals surface area contributed by atoms with Crippen LogP contribution in [0, 0.1) is 0 Å².